The second-order valence-electron chi connectivity index (χ2n) is 8.68. The van der Waals surface area contributed by atoms with Crippen LogP contribution in [-0.4, -0.2) is 50.8 Å². The molecule has 0 spiro atoms. The first-order valence-electron chi connectivity index (χ1n) is 11.8. The average Bonchev–Trinajstić information content (AvgIpc) is 3.44. The molecule has 2 amide bonds. The highest BCUT2D eigenvalue weighted by atomic mass is 35.5. The standard InChI is InChI=1S/C26H28ClN3O6S/c1-35-21-5-2-4-19(16-21)25(31)29-24(26(32)28-17-22-6-3-15-36-22)18-11-13-30(14-12-18)37(33,34)23-9-7-20(27)8-10-23/h2-10,15-16,18,24H,11-14,17H2,1H3,(H,28,32)(H,29,31). The van der Waals surface area contributed by atoms with Crippen molar-refractivity contribution < 1.29 is 27.2 Å². The lowest BCUT2D eigenvalue weighted by Crippen LogP contribution is -2.53. The SMILES string of the molecule is COc1cccc(C(=O)NC(C(=O)NCc2ccco2)C2CCN(S(=O)(=O)c3ccc(Cl)cc3)CC2)c1. The first-order valence-corrected chi connectivity index (χ1v) is 13.6. The third-order valence-corrected chi connectivity index (χ3v) is 8.50. The number of amides is 2. The number of methoxy groups -OCH3 is 1. The van der Waals surface area contributed by atoms with Crippen LogP contribution >= 0.6 is 11.6 Å². The van der Waals surface area contributed by atoms with E-state index in [-0.39, 0.29) is 36.4 Å². The van der Waals surface area contributed by atoms with Gasteiger partial charge in [-0.1, -0.05) is 17.7 Å². The summed E-state index contributed by atoms with van der Waals surface area (Å²) >= 11 is 5.90. The van der Waals surface area contributed by atoms with Crippen molar-refractivity contribution in [1.29, 1.82) is 0 Å². The number of nitrogens with one attached hydrogen (secondary N) is 2. The summed E-state index contributed by atoms with van der Waals surface area (Å²) in [4.78, 5) is 26.4. The minimum atomic E-state index is -3.70. The van der Waals surface area contributed by atoms with E-state index in [1.165, 1.54) is 41.9 Å². The summed E-state index contributed by atoms with van der Waals surface area (Å²) in [5.41, 5.74) is 0.353. The van der Waals surface area contributed by atoms with Crippen molar-refractivity contribution in [1.82, 2.24) is 14.9 Å². The van der Waals surface area contributed by atoms with E-state index in [4.69, 9.17) is 20.8 Å². The molecule has 1 atom stereocenters. The number of nitrogens with zero attached hydrogens (tertiary/aromatic N) is 1. The molecule has 1 aromatic heterocycles. The van der Waals surface area contributed by atoms with Gasteiger partial charge < -0.3 is 19.8 Å². The smallest absolute Gasteiger partial charge is 0.252 e. The lowest BCUT2D eigenvalue weighted by molar-refractivity contribution is -0.124. The highest BCUT2D eigenvalue weighted by Crippen LogP contribution is 2.27. The zero-order valence-electron chi connectivity index (χ0n) is 20.2. The third-order valence-electron chi connectivity index (χ3n) is 6.34. The van der Waals surface area contributed by atoms with Crippen molar-refractivity contribution in [3.63, 3.8) is 0 Å². The molecule has 196 valence electrons. The van der Waals surface area contributed by atoms with Crippen molar-refractivity contribution in [2.45, 2.75) is 30.3 Å². The van der Waals surface area contributed by atoms with Crippen LogP contribution in [0.3, 0.4) is 0 Å². The van der Waals surface area contributed by atoms with E-state index < -0.39 is 22.0 Å². The number of benzene rings is 2. The monoisotopic (exact) mass is 545 g/mol. The summed E-state index contributed by atoms with van der Waals surface area (Å²) < 4.78 is 38.0. The predicted octanol–water partition coefficient (Wildman–Crippen LogP) is 3.46. The molecular formula is C26H28ClN3O6S. The second-order valence-corrected chi connectivity index (χ2v) is 11.1. The summed E-state index contributed by atoms with van der Waals surface area (Å²) in [6, 6.07) is 15.3. The number of hydrogen-bond donors (Lipinski definition) is 2. The Hall–Kier alpha value is -3.34. The van der Waals surface area contributed by atoms with E-state index in [1.807, 2.05) is 0 Å². The topological polar surface area (TPSA) is 118 Å². The average molecular weight is 546 g/mol. The van der Waals surface area contributed by atoms with Crippen LogP contribution in [0.25, 0.3) is 0 Å². The third kappa shape index (κ3) is 6.51. The zero-order valence-corrected chi connectivity index (χ0v) is 21.8. The Morgan fingerprint density at radius 2 is 1.84 bits per heavy atom. The Labute approximate surface area is 220 Å². The molecule has 2 N–H and O–H groups in total. The molecule has 0 bridgehead atoms. The number of carbonyl (C=O) groups excluding carboxylic acids is 2. The molecule has 1 fully saturated rings. The van der Waals surface area contributed by atoms with Crippen LogP contribution in [0.5, 0.6) is 5.75 Å². The molecule has 2 aromatic carbocycles. The van der Waals surface area contributed by atoms with Gasteiger partial charge in [0.05, 0.1) is 24.8 Å². The van der Waals surface area contributed by atoms with Crippen LogP contribution in [0, 0.1) is 5.92 Å². The van der Waals surface area contributed by atoms with Crippen LogP contribution in [0.15, 0.2) is 76.2 Å². The van der Waals surface area contributed by atoms with Gasteiger partial charge in [0, 0.05) is 23.7 Å². The van der Waals surface area contributed by atoms with Crippen LogP contribution in [0.1, 0.15) is 29.0 Å². The quantitative estimate of drug-likeness (QED) is 0.425. The molecule has 0 aliphatic carbocycles. The van der Waals surface area contributed by atoms with Crippen LogP contribution in [-0.2, 0) is 21.4 Å². The molecule has 2 heterocycles. The second kappa shape index (κ2) is 11.8. The predicted molar refractivity (Wildman–Crippen MR) is 138 cm³/mol. The first-order chi connectivity index (χ1) is 17.8. The van der Waals surface area contributed by atoms with Gasteiger partial charge in [-0.2, -0.15) is 4.31 Å². The van der Waals surface area contributed by atoms with Gasteiger partial charge in [-0.05, 0) is 73.4 Å². The molecule has 1 unspecified atom stereocenters. The minimum absolute atomic E-state index is 0.161. The van der Waals surface area contributed by atoms with Crippen molar-refractivity contribution in [3.05, 3.63) is 83.3 Å². The van der Waals surface area contributed by atoms with Gasteiger partial charge in [0.25, 0.3) is 5.91 Å². The Balaban J connectivity index is 1.48. The molecular weight excluding hydrogens is 518 g/mol. The van der Waals surface area contributed by atoms with E-state index in [0.717, 1.165) is 0 Å². The number of halogens is 1. The molecule has 11 heteroatoms. The number of furan rings is 1. The Morgan fingerprint density at radius 3 is 2.49 bits per heavy atom. The van der Waals surface area contributed by atoms with E-state index >= 15 is 0 Å². The van der Waals surface area contributed by atoms with Crippen molar-refractivity contribution in [3.8, 4) is 5.75 Å². The lowest BCUT2D eigenvalue weighted by atomic mass is 9.89. The number of ether oxygens (including phenoxy) is 1. The molecule has 3 aromatic rings. The summed E-state index contributed by atoms with van der Waals surface area (Å²) in [5.74, 6) is 0.0324. The van der Waals surface area contributed by atoms with Crippen molar-refractivity contribution >= 4 is 33.4 Å². The molecule has 0 radical (unpaired) electrons. The molecule has 1 saturated heterocycles. The van der Waals surface area contributed by atoms with Crippen LogP contribution < -0.4 is 15.4 Å². The van der Waals surface area contributed by atoms with Gasteiger partial charge in [-0.25, -0.2) is 8.42 Å². The molecule has 1 aliphatic heterocycles. The molecule has 9 nitrogen and oxygen atoms in total. The first kappa shape index (κ1) is 26.7. The van der Waals surface area contributed by atoms with Gasteiger partial charge in [-0.3, -0.25) is 9.59 Å². The van der Waals surface area contributed by atoms with E-state index in [9.17, 15) is 18.0 Å². The van der Waals surface area contributed by atoms with Crippen LogP contribution in [0.4, 0.5) is 0 Å². The van der Waals surface area contributed by atoms with Gasteiger partial charge in [-0.15, -0.1) is 0 Å². The molecule has 4 rings (SSSR count). The number of rotatable bonds is 9. The van der Waals surface area contributed by atoms with Gasteiger partial charge >= 0.3 is 0 Å². The highest BCUT2D eigenvalue weighted by molar-refractivity contribution is 7.89. The van der Waals surface area contributed by atoms with Gasteiger partial charge in [0.15, 0.2) is 0 Å². The van der Waals surface area contributed by atoms with Gasteiger partial charge in [0.1, 0.15) is 17.6 Å². The van der Waals surface area contributed by atoms with E-state index in [2.05, 4.69) is 10.6 Å². The highest BCUT2D eigenvalue weighted by Gasteiger charge is 2.36. The molecule has 1 aliphatic rings. The number of piperidine rings is 1. The fraction of sp³-hybridized carbons (Fsp3) is 0.308. The fourth-order valence-electron chi connectivity index (χ4n) is 4.29. The summed E-state index contributed by atoms with van der Waals surface area (Å²) in [7, 11) is -2.19. The Morgan fingerprint density at radius 1 is 1.11 bits per heavy atom. The summed E-state index contributed by atoms with van der Waals surface area (Å²) in [6.45, 7) is 0.598. The van der Waals surface area contributed by atoms with Crippen LogP contribution in [0.2, 0.25) is 5.02 Å². The number of hydrogen-bond acceptors (Lipinski definition) is 6. The Kier molecular flexibility index (Phi) is 8.52. The molecule has 37 heavy (non-hydrogen) atoms. The largest absolute Gasteiger partial charge is 0.497 e. The Bertz CT molecular complexity index is 1320. The maximum absolute atomic E-state index is 13.2. The fourth-order valence-corrected chi connectivity index (χ4v) is 5.88. The van der Waals surface area contributed by atoms with E-state index in [1.54, 1.807) is 36.4 Å². The maximum Gasteiger partial charge on any atom is 0.252 e. The number of sulfonamides is 1. The van der Waals surface area contributed by atoms with E-state index in [0.29, 0.717) is 34.9 Å². The van der Waals surface area contributed by atoms with Crippen molar-refractivity contribution in [2.75, 3.05) is 20.2 Å². The number of carbonyl (C=O) groups is 2. The minimum Gasteiger partial charge on any atom is -0.497 e. The van der Waals surface area contributed by atoms with Crippen molar-refractivity contribution in [2.24, 2.45) is 5.92 Å². The zero-order chi connectivity index (χ0) is 26.4. The summed E-state index contributed by atoms with van der Waals surface area (Å²) in [6.07, 6.45) is 2.30. The molecule has 0 saturated carbocycles. The summed E-state index contributed by atoms with van der Waals surface area (Å²) in [5, 5.41) is 6.13. The maximum atomic E-state index is 13.2. The van der Waals surface area contributed by atoms with Gasteiger partial charge in [0.2, 0.25) is 15.9 Å². The normalized spacial score (nSPS) is 15.6. The lowest BCUT2D eigenvalue weighted by Gasteiger charge is -2.35.